The summed E-state index contributed by atoms with van der Waals surface area (Å²) in [6.45, 7) is 2.19. The summed E-state index contributed by atoms with van der Waals surface area (Å²) < 4.78 is 1.80. The fourth-order valence-corrected chi connectivity index (χ4v) is 5.80. The molecule has 1 spiro atoms. The van der Waals surface area contributed by atoms with Crippen LogP contribution in [0.25, 0.3) is 22.0 Å². The molecular weight excluding hydrogens is 452 g/mol. The monoisotopic (exact) mass is 482 g/mol. The number of hydrogen-bond donors (Lipinski definition) is 1. The first-order chi connectivity index (χ1) is 17.4. The van der Waals surface area contributed by atoms with E-state index in [1.54, 1.807) is 4.68 Å². The number of rotatable bonds is 5. The van der Waals surface area contributed by atoms with Crippen LogP contribution in [0, 0.1) is 11.8 Å². The number of aryl methyl sites for hydroxylation is 1. The summed E-state index contributed by atoms with van der Waals surface area (Å²) in [6, 6.07) is 14.5. The van der Waals surface area contributed by atoms with E-state index in [2.05, 4.69) is 41.5 Å². The molecule has 8 heteroatoms. The summed E-state index contributed by atoms with van der Waals surface area (Å²) >= 11 is 0. The molecule has 3 aromatic rings. The molecule has 184 valence electrons. The van der Waals surface area contributed by atoms with Crippen molar-refractivity contribution >= 4 is 34.4 Å². The van der Waals surface area contributed by atoms with Crippen molar-refractivity contribution < 1.29 is 9.59 Å². The number of fused-ring (bicyclic) bond motifs is 1. The summed E-state index contributed by atoms with van der Waals surface area (Å²) in [5.41, 5.74) is 9.59. The van der Waals surface area contributed by atoms with Gasteiger partial charge in [-0.25, -0.2) is 0 Å². The van der Waals surface area contributed by atoms with E-state index in [0.29, 0.717) is 24.2 Å². The second-order valence-electron chi connectivity index (χ2n) is 10.9. The van der Waals surface area contributed by atoms with Crippen LogP contribution in [-0.2, 0) is 16.6 Å². The number of amides is 2. The Morgan fingerprint density at radius 2 is 1.78 bits per heavy atom. The van der Waals surface area contributed by atoms with Gasteiger partial charge in [0.05, 0.1) is 5.52 Å². The van der Waals surface area contributed by atoms with E-state index < -0.39 is 5.54 Å². The standard InChI is InChI=1S/C28H30N6O2/c1-32-23-14-21(8-9-22(23)24(29)31-32)18-2-4-19(5-3-18)25-30-28(11-12-28)27(36)34(25)16-17-10-13-33(15-17)26(35)20-6-7-20/h2-5,8-9,14,17,20H,6-7,10-13,15-16H2,1H3,(H2,29,31). The number of amidine groups is 1. The number of nitrogen functional groups attached to an aromatic ring is 1. The average molecular weight is 483 g/mol. The predicted molar refractivity (Wildman–Crippen MR) is 138 cm³/mol. The van der Waals surface area contributed by atoms with Gasteiger partial charge in [0, 0.05) is 43.5 Å². The normalized spacial score (nSPS) is 22.6. The molecule has 2 aliphatic carbocycles. The molecule has 2 saturated carbocycles. The van der Waals surface area contributed by atoms with Gasteiger partial charge in [0.25, 0.3) is 5.91 Å². The van der Waals surface area contributed by atoms with Crippen molar-refractivity contribution in [2.45, 2.75) is 37.6 Å². The highest BCUT2D eigenvalue weighted by molar-refractivity contribution is 6.16. The molecule has 3 heterocycles. The molecule has 0 radical (unpaired) electrons. The van der Waals surface area contributed by atoms with Crippen molar-refractivity contribution in [2.75, 3.05) is 25.4 Å². The van der Waals surface area contributed by atoms with Crippen molar-refractivity contribution in [2.24, 2.45) is 23.9 Å². The zero-order valence-corrected chi connectivity index (χ0v) is 20.5. The lowest BCUT2D eigenvalue weighted by atomic mass is 10.0. The number of benzene rings is 2. The fraction of sp³-hybridized carbons (Fsp3) is 0.429. The summed E-state index contributed by atoms with van der Waals surface area (Å²) in [7, 11) is 1.90. The molecule has 2 aliphatic heterocycles. The lowest BCUT2D eigenvalue weighted by Gasteiger charge is -2.23. The number of carbonyl (C=O) groups excluding carboxylic acids is 2. The van der Waals surface area contributed by atoms with Crippen LogP contribution in [0.5, 0.6) is 0 Å². The van der Waals surface area contributed by atoms with Gasteiger partial charge in [-0.15, -0.1) is 0 Å². The van der Waals surface area contributed by atoms with Crippen LogP contribution in [0.1, 0.15) is 37.7 Å². The van der Waals surface area contributed by atoms with E-state index in [9.17, 15) is 9.59 Å². The Balaban J connectivity index is 1.13. The molecule has 1 saturated heterocycles. The maximum atomic E-state index is 13.4. The number of aliphatic imine (C=N–C) groups is 1. The fourth-order valence-electron chi connectivity index (χ4n) is 5.80. The molecule has 2 aromatic carbocycles. The second kappa shape index (κ2) is 7.66. The van der Waals surface area contributed by atoms with Crippen molar-refractivity contribution in [3.8, 4) is 11.1 Å². The number of hydrogen-bond acceptors (Lipinski definition) is 5. The minimum absolute atomic E-state index is 0.132. The van der Waals surface area contributed by atoms with Crippen LogP contribution < -0.4 is 5.73 Å². The van der Waals surface area contributed by atoms with Crippen molar-refractivity contribution in [3.05, 3.63) is 48.0 Å². The third-order valence-electron chi connectivity index (χ3n) is 8.26. The first kappa shape index (κ1) is 21.6. The molecule has 1 atom stereocenters. The number of likely N-dealkylation sites (tertiary alicyclic amines) is 1. The Morgan fingerprint density at radius 3 is 2.50 bits per heavy atom. The lowest BCUT2D eigenvalue weighted by molar-refractivity contribution is -0.131. The Hall–Kier alpha value is -3.68. The first-order valence-corrected chi connectivity index (χ1v) is 13.0. The molecule has 3 fully saturated rings. The highest BCUT2D eigenvalue weighted by Gasteiger charge is 2.57. The van der Waals surface area contributed by atoms with Gasteiger partial charge in [0.15, 0.2) is 5.82 Å². The number of anilines is 1. The van der Waals surface area contributed by atoms with Crippen LogP contribution in [0.2, 0.25) is 0 Å². The van der Waals surface area contributed by atoms with Crippen LogP contribution in [0.15, 0.2) is 47.5 Å². The van der Waals surface area contributed by atoms with Crippen LogP contribution in [0.3, 0.4) is 0 Å². The molecular formula is C28H30N6O2. The molecule has 2 N–H and O–H groups in total. The molecule has 36 heavy (non-hydrogen) atoms. The summed E-state index contributed by atoms with van der Waals surface area (Å²) in [5.74, 6) is 2.31. The van der Waals surface area contributed by atoms with Crippen LogP contribution in [-0.4, -0.2) is 62.4 Å². The Morgan fingerprint density at radius 1 is 1.06 bits per heavy atom. The number of carbonyl (C=O) groups is 2. The summed E-state index contributed by atoms with van der Waals surface area (Å²) in [5, 5.41) is 5.26. The third-order valence-corrected chi connectivity index (χ3v) is 8.26. The van der Waals surface area contributed by atoms with Gasteiger partial charge >= 0.3 is 0 Å². The van der Waals surface area contributed by atoms with E-state index in [-0.39, 0.29) is 11.8 Å². The van der Waals surface area contributed by atoms with Gasteiger partial charge in [0.1, 0.15) is 11.4 Å². The number of nitrogens with zero attached hydrogens (tertiary/aromatic N) is 5. The number of aromatic nitrogens is 2. The van der Waals surface area contributed by atoms with Gasteiger partial charge in [0.2, 0.25) is 5.91 Å². The molecule has 1 aromatic heterocycles. The quantitative estimate of drug-likeness (QED) is 0.604. The van der Waals surface area contributed by atoms with E-state index in [4.69, 9.17) is 10.7 Å². The molecule has 4 aliphatic rings. The molecule has 0 bridgehead atoms. The molecule has 8 nitrogen and oxygen atoms in total. The SMILES string of the molecule is Cn1nc(N)c2ccc(-c3ccc(C4=NC5(CC5)C(=O)N4CC4CCN(C(=O)C5CC5)C4)cc3)cc21. The first-order valence-electron chi connectivity index (χ1n) is 13.0. The zero-order chi connectivity index (χ0) is 24.6. The van der Waals surface area contributed by atoms with E-state index in [1.807, 2.05) is 22.9 Å². The van der Waals surface area contributed by atoms with Gasteiger partial charge in [-0.3, -0.25) is 24.2 Å². The minimum atomic E-state index is -0.541. The topological polar surface area (TPSA) is 96.8 Å². The lowest BCUT2D eigenvalue weighted by Crippen LogP contribution is -2.40. The molecule has 2 amide bonds. The maximum Gasteiger partial charge on any atom is 0.256 e. The third kappa shape index (κ3) is 3.42. The smallest absolute Gasteiger partial charge is 0.256 e. The van der Waals surface area contributed by atoms with Crippen molar-refractivity contribution in [3.63, 3.8) is 0 Å². The van der Waals surface area contributed by atoms with Crippen molar-refractivity contribution in [1.82, 2.24) is 19.6 Å². The molecule has 1 unspecified atom stereocenters. The Kier molecular flexibility index (Phi) is 4.59. The number of nitrogens with two attached hydrogens (primary N) is 1. The maximum absolute atomic E-state index is 13.4. The Bertz CT molecular complexity index is 1430. The van der Waals surface area contributed by atoms with Crippen molar-refractivity contribution in [1.29, 1.82) is 0 Å². The zero-order valence-electron chi connectivity index (χ0n) is 20.5. The largest absolute Gasteiger partial charge is 0.382 e. The van der Waals surface area contributed by atoms with Gasteiger partial charge in [-0.2, -0.15) is 5.10 Å². The molecule has 7 rings (SSSR count). The van der Waals surface area contributed by atoms with Gasteiger partial charge in [-0.05, 0) is 61.3 Å². The van der Waals surface area contributed by atoms with Crippen LogP contribution >= 0.6 is 0 Å². The minimum Gasteiger partial charge on any atom is -0.382 e. The Labute approximate surface area is 209 Å². The van der Waals surface area contributed by atoms with Gasteiger partial charge < -0.3 is 10.6 Å². The van der Waals surface area contributed by atoms with E-state index in [1.165, 1.54) is 0 Å². The van der Waals surface area contributed by atoms with Crippen LogP contribution in [0.4, 0.5) is 5.82 Å². The summed E-state index contributed by atoms with van der Waals surface area (Å²) in [6.07, 6.45) is 4.67. The highest BCUT2D eigenvalue weighted by atomic mass is 16.2. The highest BCUT2D eigenvalue weighted by Crippen LogP contribution is 2.46. The van der Waals surface area contributed by atoms with E-state index >= 15 is 0 Å². The second-order valence-corrected chi connectivity index (χ2v) is 10.9. The van der Waals surface area contributed by atoms with Gasteiger partial charge in [-0.1, -0.05) is 30.3 Å². The summed E-state index contributed by atoms with van der Waals surface area (Å²) in [4.78, 5) is 34.7. The van der Waals surface area contributed by atoms with E-state index in [0.717, 1.165) is 78.6 Å². The average Bonchev–Trinajstić information content (AvgIpc) is 3.80. The predicted octanol–water partition coefficient (Wildman–Crippen LogP) is 3.20.